The van der Waals surface area contributed by atoms with Gasteiger partial charge in [0.05, 0.1) is 6.54 Å². The summed E-state index contributed by atoms with van der Waals surface area (Å²) >= 11 is 0. The van der Waals surface area contributed by atoms with E-state index < -0.39 is 12.0 Å². The first-order valence-corrected chi connectivity index (χ1v) is 8.06. The first kappa shape index (κ1) is 15.7. The second kappa shape index (κ2) is 6.95. The highest BCUT2D eigenvalue weighted by Gasteiger charge is 2.34. The summed E-state index contributed by atoms with van der Waals surface area (Å²) in [5.41, 5.74) is 0. The van der Waals surface area contributed by atoms with E-state index in [1.807, 2.05) is 18.2 Å². The van der Waals surface area contributed by atoms with Crippen LogP contribution >= 0.6 is 0 Å². The molecule has 3 heterocycles. The molecule has 7 nitrogen and oxygen atoms in total. The van der Waals surface area contributed by atoms with Crippen LogP contribution in [-0.4, -0.2) is 77.1 Å². The molecule has 0 aliphatic carbocycles. The van der Waals surface area contributed by atoms with Gasteiger partial charge in [0.2, 0.25) is 5.91 Å². The lowest BCUT2D eigenvalue weighted by molar-refractivity contribution is -0.148. The van der Waals surface area contributed by atoms with Crippen molar-refractivity contribution in [2.45, 2.75) is 18.9 Å². The van der Waals surface area contributed by atoms with E-state index in [9.17, 15) is 14.7 Å². The highest BCUT2D eigenvalue weighted by Crippen LogP contribution is 2.18. The number of amides is 1. The van der Waals surface area contributed by atoms with E-state index in [-0.39, 0.29) is 5.91 Å². The number of hydrogen-bond donors (Lipinski definition) is 1. The largest absolute Gasteiger partial charge is 0.480 e. The van der Waals surface area contributed by atoms with Crippen LogP contribution in [0.2, 0.25) is 0 Å². The quantitative estimate of drug-likeness (QED) is 0.859. The lowest BCUT2D eigenvalue weighted by Crippen LogP contribution is -2.51. The molecule has 0 radical (unpaired) electrons. The summed E-state index contributed by atoms with van der Waals surface area (Å²) in [7, 11) is 0. The summed E-state index contributed by atoms with van der Waals surface area (Å²) < 4.78 is 0. The molecule has 0 saturated carbocycles. The molecule has 7 heteroatoms. The number of piperazine rings is 1. The molecular formula is C16H22N4O3. The Balaban J connectivity index is 1.51. The fourth-order valence-electron chi connectivity index (χ4n) is 3.28. The van der Waals surface area contributed by atoms with Crippen molar-refractivity contribution in [3.05, 3.63) is 24.4 Å². The average Bonchev–Trinajstić information content (AvgIpc) is 3.06. The van der Waals surface area contributed by atoms with Crippen LogP contribution in [-0.2, 0) is 9.59 Å². The number of nitrogens with zero attached hydrogens (tertiary/aromatic N) is 4. The zero-order valence-electron chi connectivity index (χ0n) is 13.1. The number of hydrogen-bond acceptors (Lipinski definition) is 5. The first-order valence-electron chi connectivity index (χ1n) is 8.06. The molecule has 0 unspecified atom stereocenters. The number of carbonyl (C=O) groups excluding carboxylic acids is 1. The van der Waals surface area contributed by atoms with Crippen molar-refractivity contribution in [1.82, 2.24) is 14.8 Å². The number of rotatable bonds is 4. The van der Waals surface area contributed by atoms with Crippen molar-refractivity contribution in [2.24, 2.45) is 0 Å². The fraction of sp³-hybridized carbons (Fsp3) is 0.562. The molecule has 1 N–H and O–H groups in total. The molecule has 1 atom stereocenters. The van der Waals surface area contributed by atoms with E-state index in [2.05, 4.69) is 14.8 Å². The number of anilines is 1. The minimum Gasteiger partial charge on any atom is -0.480 e. The van der Waals surface area contributed by atoms with Crippen LogP contribution in [0, 0.1) is 0 Å². The third kappa shape index (κ3) is 3.61. The predicted octanol–water partition coefficient (Wildman–Crippen LogP) is 0.279. The van der Waals surface area contributed by atoms with Crippen LogP contribution in [0.4, 0.5) is 5.82 Å². The SMILES string of the molecule is O=C(O)[C@@H]1CCCN1C(=O)CN1CCN(c2ccccn2)CC1. The Labute approximate surface area is 135 Å². The van der Waals surface area contributed by atoms with Gasteiger partial charge in [-0.1, -0.05) is 6.07 Å². The topological polar surface area (TPSA) is 77.0 Å². The Morgan fingerprint density at radius 1 is 1.17 bits per heavy atom. The predicted molar refractivity (Wildman–Crippen MR) is 85.3 cm³/mol. The van der Waals surface area contributed by atoms with Gasteiger partial charge in [0.25, 0.3) is 0 Å². The summed E-state index contributed by atoms with van der Waals surface area (Å²) in [6, 6.07) is 5.21. The number of likely N-dealkylation sites (tertiary alicyclic amines) is 1. The molecule has 2 saturated heterocycles. The number of aliphatic carboxylic acids is 1. The van der Waals surface area contributed by atoms with E-state index in [1.165, 1.54) is 4.90 Å². The summed E-state index contributed by atoms with van der Waals surface area (Å²) in [6.07, 6.45) is 3.12. The molecule has 2 fully saturated rings. The standard InChI is InChI=1S/C16H22N4O3/c21-15(20-7-3-4-13(20)16(22)23)12-18-8-10-19(11-9-18)14-5-1-2-6-17-14/h1-2,5-6,13H,3-4,7-12H2,(H,22,23)/t13-/m0/s1. The van der Waals surface area contributed by atoms with Gasteiger partial charge in [-0.05, 0) is 25.0 Å². The van der Waals surface area contributed by atoms with Crippen LogP contribution in [0.25, 0.3) is 0 Å². The van der Waals surface area contributed by atoms with Crippen LogP contribution in [0.3, 0.4) is 0 Å². The fourth-order valence-corrected chi connectivity index (χ4v) is 3.28. The first-order chi connectivity index (χ1) is 11.1. The molecule has 0 bridgehead atoms. The van der Waals surface area contributed by atoms with E-state index in [1.54, 1.807) is 6.20 Å². The Hall–Kier alpha value is -2.15. The van der Waals surface area contributed by atoms with Gasteiger partial charge in [-0.25, -0.2) is 9.78 Å². The number of carbonyl (C=O) groups is 2. The minimum atomic E-state index is -0.893. The van der Waals surface area contributed by atoms with Crippen molar-refractivity contribution in [2.75, 3.05) is 44.2 Å². The maximum Gasteiger partial charge on any atom is 0.326 e. The van der Waals surface area contributed by atoms with Gasteiger partial charge in [0.15, 0.2) is 0 Å². The third-order valence-corrected chi connectivity index (χ3v) is 4.56. The number of carboxylic acid groups (broad SMARTS) is 1. The third-order valence-electron chi connectivity index (χ3n) is 4.56. The van der Waals surface area contributed by atoms with Crippen molar-refractivity contribution < 1.29 is 14.7 Å². The summed E-state index contributed by atoms with van der Waals surface area (Å²) in [4.78, 5) is 33.7. The number of pyridine rings is 1. The van der Waals surface area contributed by atoms with Gasteiger partial charge in [-0.15, -0.1) is 0 Å². The van der Waals surface area contributed by atoms with Crippen molar-refractivity contribution in [3.8, 4) is 0 Å². The maximum absolute atomic E-state index is 12.4. The number of aromatic nitrogens is 1. The molecule has 2 aliphatic heterocycles. The summed E-state index contributed by atoms with van der Waals surface area (Å²) in [5, 5.41) is 9.18. The van der Waals surface area contributed by atoms with Gasteiger partial charge in [-0.2, -0.15) is 0 Å². The van der Waals surface area contributed by atoms with E-state index in [0.717, 1.165) is 38.4 Å². The molecule has 0 aromatic carbocycles. The molecule has 2 aliphatic rings. The maximum atomic E-state index is 12.4. The molecule has 124 valence electrons. The molecule has 1 aromatic rings. The van der Waals surface area contributed by atoms with Crippen LogP contribution in [0.1, 0.15) is 12.8 Å². The Morgan fingerprint density at radius 3 is 2.61 bits per heavy atom. The number of carboxylic acids is 1. The van der Waals surface area contributed by atoms with Crippen molar-refractivity contribution in [1.29, 1.82) is 0 Å². The van der Waals surface area contributed by atoms with Gasteiger partial charge < -0.3 is 14.9 Å². The van der Waals surface area contributed by atoms with Crippen molar-refractivity contribution in [3.63, 3.8) is 0 Å². The normalized spacial score (nSPS) is 22.3. The lowest BCUT2D eigenvalue weighted by Gasteiger charge is -2.36. The van der Waals surface area contributed by atoms with Crippen molar-refractivity contribution >= 4 is 17.7 Å². The minimum absolute atomic E-state index is 0.0683. The van der Waals surface area contributed by atoms with E-state index >= 15 is 0 Å². The van der Waals surface area contributed by atoms with Gasteiger partial charge in [0.1, 0.15) is 11.9 Å². The Bertz CT molecular complexity index is 558. The Morgan fingerprint density at radius 2 is 1.96 bits per heavy atom. The van der Waals surface area contributed by atoms with Crippen LogP contribution in [0.5, 0.6) is 0 Å². The molecule has 0 spiro atoms. The average molecular weight is 318 g/mol. The molecule has 23 heavy (non-hydrogen) atoms. The van der Waals surface area contributed by atoms with Gasteiger partial charge in [0, 0.05) is 38.9 Å². The second-order valence-corrected chi connectivity index (χ2v) is 6.03. The lowest BCUT2D eigenvalue weighted by atomic mass is 10.2. The molecule has 1 aromatic heterocycles. The van der Waals surface area contributed by atoms with Crippen LogP contribution < -0.4 is 4.90 Å². The van der Waals surface area contributed by atoms with Gasteiger partial charge in [-0.3, -0.25) is 9.69 Å². The van der Waals surface area contributed by atoms with E-state index in [4.69, 9.17) is 0 Å². The Kier molecular flexibility index (Phi) is 4.76. The van der Waals surface area contributed by atoms with E-state index in [0.29, 0.717) is 19.5 Å². The molecule has 3 rings (SSSR count). The summed E-state index contributed by atoms with van der Waals surface area (Å²) in [5.74, 6) is 0.000896. The zero-order chi connectivity index (χ0) is 16.2. The highest BCUT2D eigenvalue weighted by molar-refractivity contribution is 5.85. The second-order valence-electron chi connectivity index (χ2n) is 6.03. The van der Waals surface area contributed by atoms with Crippen LogP contribution in [0.15, 0.2) is 24.4 Å². The van der Waals surface area contributed by atoms with Gasteiger partial charge >= 0.3 is 5.97 Å². The summed E-state index contributed by atoms with van der Waals surface area (Å²) in [6.45, 7) is 4.09. The smallest absolute Gasteiger partial charge is 0.326 e. The molecular weight excluding hydrogens is 296 g/mol. The highest BCUT2D eigenvalue weighted by atomic mass is 16.4. The monoisotopic (exact) mass is 318 g/mol. The molecule has 1 amide bonds. The zero-order valence-corrected chi connectivity index (χ0v) is 13.1.